The highest BCUT2D eigenvalue weighted by Gasteiger charge is 2.40. The molecule has 6 nitrogen and oxygen atoms in total. The molecule has 2 N–H and O–H groups in total. The lowest BCUT2D eigenvalue weighted by Gasteiger charge is -2.23. The van der Waals surface area contributed by atoms with Gasteiger partial charge < -0.3 is 5.11 Å². The van der Waals surface area contributed by atoms with Crippen molar-refractivity contribution in [2.24, 2.45) is 5.92 Å². The number of nitrogens with one attached hydrogen (secondary N) is 1. The maximum Gasteiger partial charge on any atom is 0.263 e. The van der Waals surface area contributed by atoms with Crippen LogP contribution in [-0.4, -0.2) is 40.6 Å². The number of H-pyrrole nitrogens is 1. The number of aromatic amines is 1. The lowest BCUT2D eigenvalue weighted by atomic mass is 10.2. The minimum Gasteiger partial charge on any atom is -0.392 e. The topological polar surface area (TPSA) is 86.3 Å². The summed E-state index contributed by atoms with van der Waals surface area (Å²) in [5.41, 5.74) is 0.968. The number of aliphatic hydroxyl groups excluding tert-OH is 1. The first kappa shape index (κ1) is 14.5. The Morgan fingerprint density at radius 1 is 1.47 bits per heavy atom. The Labute approximate surface area is 113 Å². The van der Waals surface area contributed by atoms with Crippen LogP contribution in [-0.2, 0) is 16.6 Å². The number of rotatable bonds is 6. The van der Waals surface area contributed by atoms with Crippen LogP contribution < -0.4 is 0 Å². The summed E-state index contributed by atoms with van der Waals surface area (Å²) in [6.07, 6.45) is 1.81. The van der Waals surface area contributed by atoms with Crippen molar-refractivity contribution >= 4 is 10.0 Å². The second kappa shape index (κ2) is 5.22. The Balaban J connectivity index is 2.38. The van der Waals surface area contributed by atoms with E-state index < -0.39 is 10.0 Å². The molecular weight excluding hydrogens is 266 g/mol. The van der Waals surface area contributed by atoms with Gasteiger partial charge in [0.15, 0.2) is 5.03 Å². The number of aliphatic hydroxyl groups is 1. The highest BCUT2D eigenvalue weighted by molar-refractivity contribution is 7.89. The van der Waals surface area contributed by atoms with Crippen LogP contribution in [0.1, 0.15) is 37.9 Å². The number of hydrogen-bond donors (Lipinski definition) is 2. The summed E-state index contributed by atoms with van der Waals surface area (Å²) >= 11 is 0. The molecule has 1 aromatic rings. The van der Waals surface area contributed by atoms with Gasteiger partial charge in [-0.3, -0.25) is 5.10 Å². The fourth-order valence-electron chi connectivity index (χ4n) is 2.11. The molecule has 0 aromatic carbocycles. The van der Waals surface area contributed by atoms with Crippen molar-refractivity contribution in [3.05, 3.63) is 11.3 Å². The minimum atomic E-state index is -3.62. The van der Waals surface area contributed by atoms with E-state index in [1.54, 1.807) is 6.92 Å². The molecule has 1 saturated carbocycles. The van der Waals surface area contributed by atoms with Crippen molar-refractivity contribution < 1.29 is 13.5 Å². The maximum atomic E-state index is 12.7. The standard InChI is InChI=1S/C12H21N3O3S/c1-8(2)6-15(10-4-5-10)19(17,18)12-11(7-16)9(3)13-14-12/h8,10,16H,4-7H2,1-3H3,(H,13,14). The van der Waals surface area contributed by atoms with Crippen molar-refractivity contribution in [1.29, 1.82) is 0 Å². The second-order valence-corrected chi connectivity index (χ2v) is 7.30. The van der Waals surface area contributed by atoms with E-state index in [0.717, 1.165) is 12.8 Å². The van der Waals surface area contributed by atoms with Gasteiger partial charge in [0.05, 0.1) is 6.61 Å². The van der Waals surface area contributed by atoms with E-state index >= 15 is 0 Å². The fraction of sp³-hybridized carbons (Fsp3) is 0.750. The van der Waals surface area contributed by atoms with Gasteiger partial charge in [-0.15, -0.1) is 0 Å². The number of aromatic nitrogens is 2. The zero-order valence-electron chi connectivity index (χ0n) is 11.5. The zero-order chi connectivity index (χ0) is 14.2. The summed E-state index contributed by atoms with van der Waals surface area (Å²) in [7, 11) is -3.62. The van der Waals surface area contributed by atoms with E-state index in [0.29, 0.717) is 17.8 Å². The quantitative estimate of drug-likeness (QED) is 0.818. The Morgan fingerprint density at radius 3 is 2.58 bits per heavy atom. The van der Waals surface area contributed by atoms with Crippen LogP contribution in [0.25, 0.3) is 0 Å². The van der Waals surface area contributed by atoms with Crippen molar-refractivity contribution in [3.8, 4) is 0 Å². The lowest BCUT2D eigenvalue weighted by molar-refractivity contribution is 0.276. The summed E-state index contributed by atoms with van der Waals surface area (Å²) in [5.74, 6) is 0.257. The highest BCUT2D eigenvalue weighted by Crippen LogP contribution is 2.33. The van der Waals surface area contributed by atoms with E-state index in [9.17, 15) is 13.5 Å². The number of aryl methyl sites for hydroxylation is 1. The molecule has 0 saturated heterocycles. The number of nitrogens with zero attached hydrogens (tertiary/aromatic N) is 2. The van der Waals surface area contributed by atoms with E-state index in [1.807, 2.05) is 13.8 Å². The normalized spacial score (nSPS) is 16.5. The van der Waals surface area contributed by atoms with Gasteiger partial charge in [0, 0.05) is 23.8 Å². The molecule has 19 heavy (non-hydrogen) atoms. The zero-order valence-corrected chi connectivity index (χ0v) is 12.4. The summed E-state index contributed by atoms with van der Waals surface area (Å²) < 4.78 is 26.9. The van der Waals surface area contributed by atoms with E-state index in [2.05, 4.69) is 10.2 Å². The largest absolute Gasteiger partial charge is 0.392 e. The van der Waals surface area contributed by atoms with Crippen LogP contribution in [0.5, 0.6) is 0 Å². The monoisotopic (exact) mass is 287 g/mol. The van der Waals surface area contributed by atoms with Gasteiger partial charge >= 0.3 is 0 Å². The first-order valence-corrected chi connectivity index (χ1v) is 7.98. The Morgan fingerprint density at radius 2 is 2.11 bits per heavy atom. The predicted octanol–water partition coefficient (Wildman–Crippen LogP) is 1.02. The molecule has 0 spiro atoms. The van der Waals surface area contributed by atoms with E-state index in [1.165, 1.54) is 4.31 Å². The number of sulfonamides is 1. The Bertz CT molecular complexity index is 547. The van der Waals surface area contributed by atoms with Gasteiger partial charge in [0.1, 0.15) is 0 Å². The summed E-state index contributed by atoms with van der Waals surface area (Å²) in [6, 6.07) is 0.0935. The van der Waals surface area contributed by atoms with Gasteiger partial charge in [-0.05, 0) is 25.7 Å². The third-order valence-corrected chi connectivity index (χ3v) is 5.14. The fourth-order valence-corrected chi connectivity index (χ4v) is 4.12. The molecular formula is C12H21N3O3S. The molecule has 1 aliphatic carbocycles. The SMILES string of the molecule is Cc1[nH]nc(S(=O)(=O)N(CC(C)C)C2CC2)c1CO. The lowest BCUT2D eigenvalue weighted by Crippen LogP contribution is -2.36. The third-order valence-electron chi connectivity index (χ3n) is 3.25. The number of hydrogen-bond acceptors (Lipinski definition) is 4. The van der Waals surface area contributed by atoms with Gasteiger partial charge in [-0.1, -0.05) is 13.8 Å². The third kappa shape index (κ3) is 2.82. The second-order valence-electron chi connectivity index (χ2n) is 5.49. The van der Waals surface area contributed by atoms with Crippen LogP contribution in [0.15, 0.2) is 5.03 Å². The molecule has 108 valence electrons. The Kier molecular flexibility index (Phi) is 3.98. The molecule has 1 fully saturated rings. The summed E-state index contributed by atoms with van der Waals surface area (Å²) in [4.78, 5) is 0. The average Bonchev–Trinajstić information content (AvgIpc) is 3.08. The molecule has 0 unspecified atom stereocenters. The van der Waals surface area contributed by atoms with Crippen LogP contribution in [0.3, 0.4) is 0 Å². The van der Waals surface area contributed by atoms with Gasteiger partial charge in [0.25, 0.3) is 10.0 Å². The van der Waals surface area contributed by atoms with Crippen LogP contribution >= 0.6 is 0 Å². The predicted molar refractivity (Wildman–Crippen MR) is 71.0 cm³/mol. The molecule has 0 radical (unpaired) electrons. The summed E-state index contributed by atoms with van der Waals surface area (Å²) in [5, 5.41) is 15.8. The smallest absolute Gasteiger partial charge is 0.263 e. The van der Waals surface area contributed by atoms with Gasteiger partial charge in [-0.2, -0.15) is 9.40 Å². The first-order chi connectivity index (χ1) is 8.87. The average molecular weight is 287 g/mol. The minimum absolute atomic E-state index is 0.0277. The van der Waals surface area contributed by atoms with Gasteiger partial charge in [-0.25, -0.2) is 8.42 Å². The van der Waals surface area contributed by atoms with Crippen LogP contribution in [0.4, 0.5) is 0 Å². The maximum absolute atomic E-state index is 12.7. The van der Waals surface area contributed by atoms with Crippen LogP contribution in [0, 0.1) is 12.8 Å². The molecule has 1 aliphatic rings. The molecule has 0 atom stereocenters. The molecule has 0 amide bonds. The molecule has 0 bridgehead atoms. The van der Waals surface area contributed by atoms with Crippen molar-refractivity contribution in [1.82, 2.24) is 14.5 Å². The van der Waals surface area contributed by atoms with Gasteiger partial charge in [0.2, 0.25) is 0 Å². The van der Waals surface area contributed by atoms with Crippen LogP contribution in [0.2, 0.25) is 0 Å². The van der Waals surface area contributed by atoms with Crippen molar-refractivity contribution in [2.45, 2.75) is 51.3 Å². The molecule has 2 rings (SSSR count). The van der Waals surface area contributed by atoms with E-state index in [-0.39, 0.29) is 23.6 Å². The van der Waals surface area contributed by atoms with Crippen molar-refractivity contribution in [2.75, 3.05) is 6.54 Å². The molecule has 1 aromatic heterocycles. The van der Waals surface area contributed by atoms with Crippen molar-refractivity contribution in [3.63, 3.8) is 0 Å². The molecule has 7 heteroatoms. The first-order valence-electron chi connectivity index (χ1n) is 6.54. The summed E-state index contributed by atoms with van der Waals surface area (Å²) in [6.45, 7) is 5.86. The molecule has 1 heterocycles. The Hall–Kier alpha value is -0.920. The molecule has 0 aliphatic heterocycles. The van der Waals surface area contributed by atoms with E-state index in [4.69, 9.17) is 0 Å². The highest BCUT2D eigenvalue weighted by atomic mass is 32.2.